The SMILES string of the molecule is CCC(CC)N(CCOC)c1nc(C(=O)CCl)cs1. The van der Waals surface area contributed by atoms with Gasteiger partial charge in [-0.2, -0.15) is 0 Å². The molecule has 1 aromatic heterocycles. The van der Waals surface area contributed by atoms with E-state index in [2.05, 4.69) is 23.7 Å². The zero-order valence-corrected chi connectivity index (χ0v) is 13.3. The van der Waals surface area contributed by atoms with Crippen molar-refractivity contribution in [1.29, 1.82) is 0 Å². The number of ketones is 1. The van der Waals surface area contributed by atoms with Crippen LogP contribution in [-0.2, 0) is 4.74 Å². The second-order valence-electron chi connectivity index (χ2n) is 4.23. The van der Waals surface area contributed by atoms with Gasteiger partial charge in [0.2, 0.25) is 0 Å². The van der Waals surface area contributed by atoms with Crippen LogP contribution < -0.4 is 4.90 Å². The molecule has 0 amide bonds. The molecule has 0 atom stereocenters. The van der Waals surface area contributed by atoms with Gasteiger partial charge in [-0.3, -0.25) is 4.79 Å². The molecule has 0 spiro atoms. The molecule has 1 rings (SSSR count). The Morgan fingerprint density at radius 2 is 2.21 bits per heavy atom. The molecule has 0 saturated carbocycles. The van der Waals surface area contributed by atoms with Crippen LogP contribution in [0.15, 0.2) is 5.38 Å². The van der Waals surface area contributed by atoms with Crippen molar-refractivity contribution in [3.63, 3.8) is 0 Å². The molecule has 6 heteroatoms. The van der Waals surface area contributed by atoms with Gasteiger partial charge in [0, 0.05) is 25.1 Å². The van der Waals surface area contributed by atoms with Crippen LogP contribution in [0.25, 0.3) is 0 Å². The number of rotatable bonds is 9. The maximum atomic E-state index is 11.5. The van der Waals surface area contributed by atoms with Gasteiger partial charge >= 0.3 is 0 Å². The van der Waals surface area contributed by atoms with Gasteiger partial charge in [0.25, 0.3) is 0 Å². The van der Waals surface area contributed by atoms with Crippen molar-refractivity contribution in [2.24, 2.45) is 0 Å². The number of Topliss-reactive ketones (excluding diaryl/α,β-unsaturated/α-hetero) is 1. The summed E-state index contributed by atoms with van der Waals surface area (Å²) in [5.74, 6) is -0.146. The van der Waals surface area contributed by atoms with Crippen LogP contribution in [-0.4, -0.2) is 43.0 Å². The second-order valence-corrected chi connectivity index (χ2v) is 5.33. The number of methoxy groups -OCH3 is 1. The monoisotopic (exact) mass is 304 g/mol. The summed E-state index contributed by atoms with van der Waals surface area (Å²) in [6.45, 7) is 5.75. The molecule has 0 aliphatic carbocycles. The second kappa shape index (κ2) is 8.51. The Hall–Kier alpha value is -0.650. The molecule has 0 aromatic carbocycles. The van der Waals surface area contributed by atoms with E-state index >= 15 is 0 Å². The minimum Gasteiger partial charge on any atom is -0.383 e. The predicted molar refractivity (Wildman–Crippen MR) is 80.8 cm³/mol. The van der Waals surface area contributed by atoms with E-state index < -0.39 is 0 Å². The molecular weight excluding hydrogens is 284 g/mol. The normalized spacial score (nSPS) is 11.0. The lowest BCUT2D eigenvalue weighted by Gasteiger charge is -2.29. The zero-order chi connectivity index (χ0) is 14.3. The van der Waals surface area contributed by atoms with Crippen LogP contribution in [0.1, 0.15) is 37.2 Å². The highest BCUT2D eigenvalue weighted by molar-refractivity contribution is 7.14. The number of aromatic nitrogens is 1. The van der Waals surface area contributed by atoms with Crippen molar-refractivity contribution in [2.45, 2.75) is 32.7 Å². The molecule has 108 valence electrons. The Morgan fingerprint density at radius 1 is 1.53 bits per heavy atom. The number of carbonyl (C=O) groups excluding carboxylic acids is 1. The lowest BCUT2D eigenvalue weighted by Crippen LogP contribution is -2.37. The number of ether oxygens (including phenoxy) is 1. The number of anilines is 1. The number of thiazole rings is 1. The van der Waals surface area contributed by atoms with E-state index in [9.17, 15) is 4.79 Å². The summed E-state index contributed by atoms with van der Waals surface area (Å²) in [6, 6.07) is 0.417. The minimum atomic E-state index is -0.125. The molecule has 0 fully saturated rings. The van der Waals surface area contributed by atoms with E-state index in [1.165, 1.54) is 11.3 Å². The Bertz CT molecular complexity index is 394. The zero-order valence-electron chi connectivity index (χ0n) is 11.7. The molecule has 0 aliphatic heterocycles. The molecule has 4 nitrogen and oxygen atoms in total. The predicted octanol–water partition coefficient (Wildman–Crippen LogP) is 3.21. The average molecular weight is 305 g/mol. The van der Waals surface area contributed by atoms with Crippen LogP contribution in [0, 0.1) is 0 Å². The summed E-state index contributed by atoms with van der Waals surface area (Å²) < 4.78 is 5.16. The van der Waals surface area contributed by atoms with E-state index in [-0.39, 0.29) is 11.7 Å². The van der Waals surface area contributed by atoms with Crippen LogP contribution >= 0.6 is 22.9 Å². The molecule has 0 unspecified atom stereocenters. The Labute approximate surface area is 123 Å². The van der Waals surface area contributed by atoms with E-state index in [1.54, 1.807) is 12.5 Å². The number of hydrogen-bond acceptors (Lipinski definition) is 5. The average Bonchev–Trinajstić information content (AvgIpc) is 2.92. The lowest BCUT2D eigenvalue weighted by molar-refractivity contribution is 0.101. The minimum absolute atomic E-state index is 0.0216. The van der Waals surface area contributed by atoms with Crippen molar-refractivity contribution in [3.05, 3.63) is 11.1 Å². The maximum absolute atomic E-state index is 11.5. The van der Waals surface area contributed by atoms with E-state index in [0.717, 1.165) is 24.5 Å². The summed E-state index contributed by atoms with van der Waals surface area (Å²) >= 11 is 7.05. The third-order valence-electron chi connectivity index (χ3n) is 3.06. The lowest BCUT2D eigenvalue weighted by atomic mass is 10.1. The van der Waals surface area contributed by atoms with Gasteiger partial charge in [0.05, 0.1) is 12.5 Å². The smallest absolute Gasteiger partial charge is 0.196 e. The summed E-state index contributed by atoms with van der Waals surface area (Å²) in [4.78, 5) is 18.2. The third-order valence-corrected chi connectivity index (χ3v) is 4.18. The maximum Gasteiger partial charge on any atom is 0.196 e. The number of nitrogens with zero attached hydrogens (tertiary/aromatic N) is 2. The Morgan fingerprint density at radius 3 is 2.74 bits per heavy atom. The van der Waals surface area contributed by atoms with Crippen molar-refractivity contribution in [3.8, 4) is 0 Å². The van der Waals surface area contributed by atoms with Gasteiger partial charge in [-0.25, -0.2) is 4.98 Å². The summed E-state index contributed by atoms with van der Waals surface area (Å²) in [6.07, 6.45) is 2.08. The van der Waals surface area contributed by atoms with Gasteiger partial charge in [0.1, 0.15) is 5.69 Å². The van der Waals surface area contributed by atoms with E-state index in [0.29, 0.717) is 18.3 Å². The molecular formula is C13H21ClN2O2S. The number of halogens is 1. The van der Waals surface area contributed by atoms with E-state index in [1.807, 2.05) is 0 Å². The van der Waals surface area contributed by atoms with Gasteiger partial charge in [-0.1, -0.05) is 13.8 Å². The highest BCUT2D eigenvalue weighted by Crippen LogP contribution is 2.25. The summed E-state index contributed by atoms with van der Waals surface area (Å²) in [7, 11) is 1.69. The molecule has 0 N–H and O–H groups in total. The fourth-order valence-corrected chi connectivity index (χ4v) is 3.01. The first-order chi connectivity index (χ1) is 9.17. The van der Waals surface area contributed by atoms with Crippen LogP contribution in [0.2, 0.25) is 0 Å². The van der Waals surface area contributed by atoms with Crippen LogP contribution in [0.4, 0.5) is 5.13 Å². The fraction of sp³-hybridized carbons (Fsp3) is 0.692. The third kappa shape index (κ3) is 4.44. The van der Waals surface area contributed by atoms with Gasteiger partial charge in [-0.15, -0.1) is 22.9 Å². The first-order valence-corrected chi connectivity index (χ1v) is 7.89. The van der Waals surface area contributed by atoms with Crippen molar-refractivity contribution in [1.82, 2.24) is 4.98 Å². The summed E-state index contributed by atoms with van der Waals surface area (Å²) in [5.41, 5.74) is 0.461. The standard InChI is InChI=1S/C13H21ClN2O2S/c1-4-10(5-2)16(6-7-18-3)13-15-11(9-19-13)12(17)8-14/h9-10H,4-8H2,1-3H3. The molecule has 1 aromatic rings. The molecule has 1 heterocycles. The fourth-order valence-electron chi connectivity index (χ4n) is 1.95. The van der Waals surface area contributed by atoms with Crippen molar-refractivity contribution in [2.75, 3.05) is 31.0 Å². The first kappa shape index (κ1) is 16.4. The summed E-state index contributed by atoms with van der Waals surface area (Å²) in [5, 5.41) is 2.65. The highest BCUT2D eigenvalue weighted by atomic mass is 35.5. The highest BCUT2D eigenvalue weighted by Gasteiger charge is 2.20. The Balaban J connectivity index is 2.89. The first-order valence-electron chi connectivity index (χ1n) is 6.48. The number of alkyl halides is 1. The molecule has 19 heavy (non-hydrogen) atoms. The van der Waals surface area contributed by atoms with Crippen LogP contribution in [0.3, 0.4) is 0 Å². The van der Waals surface area contributed by atoms with Crippen molar-refractivity contribution < 1.29 is 9.53 Å². The number of carbonyl (C=O) groups is 1. The van der Waals surface area contributed by atoms with Crippen LogP contribution in [0.5, 0.6) is 0 Å². The van der Waals surface area contributed by atoms with E-state index in [4.69, 9.17) is 16.3 Å². The largest absolute Gasteiger partial charge is 0.383 e. The van der Waals surface area contributed by atoms with Gasteiger partial charge < -0.3 is 9.64 Å². The molecule has 0 saturated heterocycles. The molecule has 0 radical (unpaired) electrons. The Kier molecular flexibility index (Phi) is 7.34. The molecule has 0 bridgehead atoms. The van der Waals surface area contributed by atoms with Crippen molar-refractivity contribution >= 4 is 33.9 Å². The van der Waals surface area contributed by atoms with Gasteiger partial charge in [0.15, 0.2) is 10.9 Å². The quantitative estimate of drug-likeness (QED) is 0.519. The number of hydrogen-bond donors (Lipinski definition) is 0. The molecule has 0 aliphatic rings. The van der Waals surface area contributed by atoms with Gasteiger partial charge in [-0.05, 0) is 12.8 Å². The topological polar surface area (TPSA) is 42.4 Å².